The minimum Gasteiger partial charge on any atom is -0.497 e. The van der Waals surface area contributed by atoms with Gasteiger partial charge in [0.25, 0.3) is 0 Å². The molecule has 1 aromatic heterocycles. The molecule has 0 unspecified atom stereocenters. The zero-order chi connectivity index (χ0) is 16.2. The first kappa shape index (κ1) is 15.8. The van der Waals surface area contributed by atoms with Gasteiger partial charge < -0.3 is 10.1 Å². The fourth-order valence-electron chi connectivity index (χ4n) is 2.02. The molecule has 23 heavy (non-hydrogen) atoms. The van der Waals surface area contributed by atoms with E-state index >= 15 is 0 Å². The molecule has 2 aromatic carbocycles. The van der Waals surface area contributed by atoms with Crippen LogP contribution in [0.25, 0.3) is 10.2 Å². The van der Waals surface area contributed by atoms with E-state index in [0.717, 1.165) is 20.9 Å². The molecule has 0 aliphatic carbocycles. The Bertz CT molecular complexity index is 828. The van der Waals surface area contributed by atoms with E-state index in [1.54, 1.807) is 7.11 Å². The predicted octanol–water partition coefficient (Wildman–Crippen LogP) is 4.34. The number of nitrogens with one attached hydrogen (secondary N) is 1. The number of methoxy groups -OCH3 is 1. The van der Waals surface area contributed by atoms with Crippen LogP contribution < -0.4 is 10.1 Å². The Morgan fingerprint density at radius 3 is 2.78 bits per heavy atom. The highest BCUT2D eigenvalue weighted by molar-refractivity contribution is 8.00. The largest absolute Gasteiger partial charge is 0.497 e. The Morgan fingerprint density at radius 1 is 1.26 bits per heavy atom. The number of hydrogen-bond donors (Lipinski definition) is 1. The highest BCUT2D eigenvalue weighted by Gasteiger charge is 2.09. The van der Waals surface area contributed by atoms with Gasteiger partial charge in [0.05, 0.1) is 23.1 Å². The molecular weight excluding hydrogens is 328 g/mol. The number of fused-ring (bicyclic) bond motifs is 1. The van der Waals surface area contributed by atoms with Crippen molar-refractivity contribution in [3.8, 4) is 5.75 Å². The second-order valence-electron chi connectivity index (χ2n) is 5.00. The molecule has 0 fully saturated rings. The third kappa shape index (κ3) is 4.03. The number of nitrogens with zero attached hydrogens (tertiary/aromatic N) is 1. The Morgan fingerprint density at radius 2 is 2.04 bits per heavy atom. The Balaban J connectivity index is 1.62. The predicted molar refractivity (Wildman–Crippen MR) is 96.7 cm³/mol. The van der Waals surface area contributed by atoms with E-state index < -0.39 is 0 Å². The number of carbonyl (C=O) groups excluding carboxylic acids is 1. The molecule has 0 atom stereocenters. The smallest absolute Gasteiger partial charge is 0.236 e. The lowest BCUT2D eigenvalue weighted by Gasteiger charge is -2.02. The van der Waals surface area contributed by atoms with E-state index in [-0.39, 0.29) is 5.91 Å². The van der Waals surface area contributed by atoms with E-state index in [1.165, 1.54) is 28.7 Å². The van der Waals surface area contributed by atoms with Crippen molar-refractivity contribution < 1.29 is 9.53 Å². The van der Waals surface area contributed by atoms with Gasteiger partial charge in [0.15, 0.2) is 5.13 Å². The average molecular weight is 344 g/mol. The number of anilines is 1. The summed E-state index contributed by atoms with van der Waals surface area (Å²) in [5, 5.41) is 3.47. The Kier molecular flexibility index (Phi) is 4.83. The number of rotatable bonds is 5. The van der Waals surface area contributed by atoms with Gasteiger partial charge in [-0.2, -0.15) is 0 Å². The third-order valence-corrected chi connectivity index (χ3v) is 5.18. The first-order valence-electron chi connectivity index (χ1n) is 7.08. The van der Waals surface area contributed by atoms with E-state index in [9.17, 15) is 4.79 Å². The van der Waals surface area contributed by atoms with Crippen LogP contribution in [0.3, 0.4) is 0 Å². The average Bonchev–Trinajstić information content (AvgIpc) is 2.95. The third-order valence-electron chi connectivity index (χ3n) is 3.23. The van der Waals surface area contributed by atoms with E-state index in [0.29, 0.717) is 10.9 Å². The highest BCUT2D eigenvalue weighted by atomic mass is 32.2. The van der Waals surface area contributed by atoms with Crippen molar-refractivity contribution in [3.63, 3.8) is 0 Å². The van der Waals surface area contributed by atoms with E-state index in [4.69, 9.17) is 4.74 Å². The topological polar surface area (TPSA) is 51.2 Å². The minimum atomic E-state index is -0.0541. The molecule has 3 aromatic rings. The summed E-state index contributed by atoms with van der Waals surface area (Å²) in [5.41, 5.74) is 2.07. The molecule has 3 rings (SSSR count). The van der Waals surface area contributed by atoms with Crippen molar-refractivity contribution in [1.82, 2.24) is 4.98 Å². The van der Waals surface area contributed by atoms with Gasteiger partial charge in [0, 0.05) is 4.90 Å². The maximum atomic E-state index is 12.1. The number of aromatic nitrogens is 1. The van der Waals surface area contributed by atoms with Crippen LogP contribution in [0.15, 0.2) is 47.4 Å². The second-order valence-corrected chi connectivity index (χ2v) is 7.08. The van der Waals surface area contributed by atoms with Gasteiger partial charge >= 0.3 is 0 Å². The number of carbonyl (C=O) groups is 1. The first-order valence-corrected chi connectivity index (χ1v) is 8.88. The summed E-state index contributed by atoms with van der Waals surface area (Å²) in [5.74, 6) is 1.10. The molecule has 1 heterocycles. The van der Waals surface area contributed by atoms with Gasteiger partial charge in [-0.05, 0) is 37.3 Å². The number of amides is 1. The molecular formula is C17H16N2O2S2. The summed E-state index contributed by atoms with van der Waals surface area (Å²) in [4.78, 5) is 17.6. The molecule has 1 amide bonds. The zero-order valence-corrected chi connectivity index (χ0v) is 14.5. The molecule has 0 spiro atoms. The molecule has 118 valence electrons. The SMILES string of the molecule is COc1ccc2nc(NC(=O)CSc3ccc(C)cc3)sc2c1. The Labute approximate surface area is 142 Å². The van der Waals surface area contributed by atoms with E-state index in [1.807, 2.05) is 49.4 Å². The monoisotopic (exact) mass is 344 g/mol. The molecule has 0 saturated carbocycles. The van der Waals surface area contributed by atoms with Crippen LogP contribution >= 0.6 is 23.1 Å². The van der Waals surface area contributed by atoms with Gasteiger partial charge in [-0.25, -0.2) is 4.98 Å². The summed E-state index contributed by atoms with van der Waals surface area (Å²) in [6.07, 6.45) is 0. The van der Waals surface area contributed by atoms with Crippen molar-refractivity contribution in [2.45, 2.75) is 11.8 Å². The standard InChI is InChI=1S/C17H16N2O2S2/c1-11-3-6-13(7-4-11)22-10-16(20)19-17-18-14-8-5-12(21-2)9-15(14)23-17/h3-9H,10H2,1-2H3,(H,18,19,20). The maximum Gasteiger partial charge on any atom is 0.236 e. The number of thioether (sulfide) groups is 1. The van der Waals surface area contributed by atoms with Crippen LogP contribution in [0.4, 0.5) is 5.13 Å². The van der Waals surface area contributed by atoms with Crippen LogP contribution in [-0.2, 0) is 4.79 Å². The number of hydrogen-bond acceptors (Lipinski definition) is 5. The quantitative estimate of drug-likeness (QED) is 0.699. The summed E-state index contributed by atoms with van der Waals surface area (Å²) in [7, 11) is 1.63. The number of benzene rings is 2. The lowest BCUT2D eigenvalue weighted by Crippen LogP contribution is -2.13. The molecule has 0 radical (unpaired) electrons. The summed E-state index contributed by atoms with van der Waals surface area (Å²) < 4.78 is 6.19. The molecule has 4 nitrogen and oxygen atoms in total. The highest BCUT2D eigenvalue weighted by Crippen LogP contribution is 2.29. The molecule has 0 saturated heterocycles. The lowest BCUT2D eigenvalue weighted by atomic mass is 10.2. The van der Waals surface area contributed by atoms with Crippen molar-refractivity contribution in [2.24, 2.45) is 0 Å². The molecule has 0 aliphatic heterocycles. The van der Waals surface area contributed by atoms with Gasteiger partial charge in [0.1, 0.15) is 5.75 Å². The zero-order valence-electron chi connectivity index (χ0n) is 12.8. The normalized spacial score (nSPS) is 10.7. The van der Waals surface area contributed by atoms with Crippen molar-refractivity contribution >= 4 is 44.4 Å². The first-order chi connectivity index (χ1) is 11.1. The van der Waals surface area contributed by atoms with Gasteiger partial charge in [-0.15, -0.1) is 11.8 Å². The molecule has 1 N–H and O–H groups in total. The number of aryl methyl sites for hydroxylation is 1. The minimum absolute atomic E-state index is 0.0541. The second kappa shape index (κ2) is 7.02. The van der Waals surface area contributed by atoms with Crippen LogP contribution in [0.2, 0.25) is 0 Å². The fraction of sp³-hybridized carbons (Fsp3) is 0.176. The van der Waals surface area contributed by atoms with Gasteiger partial charge in [0.2, 0.25) is 5.91 Å². The molecule has 0 aliphatic rings. The fourth-order valence-corrected chi connectivity index (χ4v) is 3.63. The summed E-state index contributed by atoms with van der Waals surface area (Å²) in [6, 6.07) is 13.8. The van der Waals surface area contributed by atoms with Crippen LogP contribution in [-0.4, -0.2) is 23.8 Å². The number of ether oxygens (including phenoxy) is 1. The molecule has 0 bridgehead atoms. The maximum absolute atomic E-state index is 12.1. The van der Waals surface area contributed by atoms with Crippen LogP contribution in [0.5, 0.6) is 5.75 Å². The van der Waals surface area contributed by atoms with Crippen molar-refractivity contribution in [3.05, 3.63) is 48.0 Å². The van der Waals surface area contributed by atoms with E-state index in [2.05, 4.69) is 10.3 Å². The Hall–Kier alpha value is -2.05. The van der Waals surface area contributed by atoms with Crippen LogP contribution in [0.1, 0.15) is 5.56 Å². The molecule has 6 heteroatoms. The van der Waals surface area contributed by atoms with Crippen LogP contribution in [0, 0.1) is 6.92 Å². The summed E-state index contributed by atoms with van der Waals surface area (Å²) in [6.45, 7) is 2.04. The number of thiazole rings is 1. The van der Waals surface area contributed by atoms with Gasteiger partial charge in [-0.3, -0.25) is 4.79 Å². The van der Waals surface area contributed by atoms with Gasteiger partial charge in [-0.1, -0.05) is 29.0 Å². The summed E-state index contributed by atoms with van der Waals surface area (Å²) >= 11 is 2.96. The van der Waals surface area contributed by atoms with Crippen molar-refractivity contribution in [1.29, 1.82) is 0 Å². The van der Waals surface area contributed by atoms with Crippen molar-refractivity contribution in [2.75, 3.05) is 18.2 Å². The lowest BCUT2D eigenvalue weighted by molar-refractivity contribution is -0.113.